The van der Waals surface area contributed by atoms with E-state index in [2.05, 4.69) is 21.2 Å². The number of nitrogens with zero attached hydrogens (tertiary/aromatic N) is 2. The minimum atomic E-state index is -1.03. The highest BCUT2D eigenvalue weighted by Gasteiger charge is 2.34. The van der Waals surface area contributed by atoms with Gasteiger partial charge in [0.2, 0.25) is 0 Å². The lowest BCUT2D eigenvalue weighted by Gasteiger charge is -2.21. The molecular formula is C12H10BrN3O3S. The Morgan fingerprint density at radius 2 is 2.30 bits per heavy atom. The maximum absolute atomic E-state index is 12.1. The van der Waals surface area contributed by atoms with Crippen LogP contribution < -0.4 is 5.32 Å². The molecule has 2 N–H and O–H groups in total. The summed E-state index contributed by atoms with van der Waals surface area (Å²) in [5.41, 5.74) is 0.674. The molecule has 6 nitrogen and oxygen atoms in total. The second-order valence-corrected chi connectivity index (χ2v) is 5.97. The van der Waals surface area contributed by atoms with E-state index in [1.807, 2.05) is 6.07 Å². The van der Waals surface area contributed by atoms with Gasteiger partial charge in [0, 0.05) is 10.2 Å². The topological polar surface area (TPSA) is 93.4 Å². The van der Waals surface area contributed by atoms with Crippen LogP contribution in [0.15, 0.2) is 22.7 Å². The summed E-state index contributed by atoms with van der Waals surface area (Å²) in [6.45, 7) is 0. The molecule has 0 radical (unpaired) electrons. The number of hydrogen-bond donors (Lipinski definition) is 2. The third-order valence-electron chi connectivity index (χ3n) is 2.77. The number of carbonyl (C=O) groups is 2. The molecule has 20 heavy (non-hydrogen) atoms. The molecule has 1 unspecified atom stereocenters. The first kappa shape index (κ1) is 14.7. The van der Waals surface area contributed by atoms with Crippen LogP contribution in [0.1, 0.15) is 5.56 Å². The summed E-state index contributed by atoms with van der Waals surface area (Å²) >= 11 is 4.62. The Bertz CT molecular complexity index is 602. The summed E-state index contributed by atoms with van der Waals surface area (Å²) in [5.74, 6) is -0.337. The fraction of sp³-hybridized carbons (Fsp3) is 0.250. The van der Waals surface area contributed by atoms with Gasteiger partial charge in [0.05, 0.1) is 17.1 Å². The van der Waals surface area contributed by atoms with Crippen molar-refractivity contribution >= 4 is 45.4 Å². The number of nitriles is 1. The number of halogens is 1. The number of nitrogens with one attached hydrogen (secondary N) is 1. The molecule has 0 aliphatic carbocycles. The molecule has 1 aliphatic rings. The first-order valence-corrected chi connectivity index (χ1v) is 7.55. The Morgan fingerprint density at radius 1 is 1.55 bits per heavy atom. The van der Waals surface area contributed by atoms with Gasteiger partial charge >= 0.3 is 12.0 Å². The van der Waals surface area contributed by atoms with E-state index in [1.165, 1.54) is 16.7 Å². The maximum Gasteiger partial charge on any atom is 0.327 e. The van der Waals surface area contributed by atoms with E-state index in [-0.39, 0.29) is 0 Å². The van der Waals surface area contributed by atoms with Crippen LogP contribution in [0.2, 0.25) is 0 Å². The Kier molecular flexibility index (Phi) is 4.52. The minimum Gasteiger partial charge on any atom is -0.480 e. The average molecular weight is 356 g/mol. The van der Waals surface area contributed by atoms with Gasteiger partial charge in [-0.05, 0) is 18.2 Å². The van der Waals surface area contributed by atoms with Crippen molar-refractivity contribution in [3.8, 4) is 6.07 Å². The Labute approximate surface area is 127 Å². The number of urea groups is 1. The normalized spacial score (nSPS) is 17.6. The molecule has 104 valence electrons. The molecule has 1 aromatic rings. The molecule has 1 aliphatic heterocycles. The molecule has 0 bridgehead atoms. The van der Waals surface area contributed by atoms with E-state index >= 15 is 0 Å². The number of carboxylic acid groups (broad SMARTS) is 1. The van der Waals surface area contributed by atoms with Gasteiger partial charge in [-0.1, -0.05) is 15.9 Å². The Morgan fingerprint density at radius 3 is 2.95 bits per heavy atom. The number of benzene rings is 1. The molecule has 0 aromatic heterocycles. The SMILES string of the molecule is N#Cc1cc(Br)ccc1NC(=O)N1CSCC1C(=O)O. The molecule has 2 amide bonds. The number of hydrogen-bond acceptors (Lipinski definition) is 4. The van der Waals surface area contributed by atoms with E-state index in [1.54, 1.807) is 18.2 Å². The van der Waals surface area contributed by atoms with E-state index in [9.17, 15) is 9.59 Å². The van der Waals surface area contributed by atoms with Crippen LogP contribution in [0.5, 0.6) is 0 Å². The number of carbonyl (C=O) groups excluding carboxylic acids is 1. The quantitative estimate of drug-likeness (QED) is 0.848. The number of aliphatic carboxylic acids is 1. The number of carboxylic acids is 1. The lowest BCUT2D eigenvalue weighted by molar-refractivity contribution is -0.140. The second-order valence-electron chi connectivity index (χ2n) is 4.06. The zero-order valence-corrected chi connectivity index (χ0v) is 12.6. The average Bonchev–Trinajstić information content (AvgIpc) is 2.90. The molecule has 8 heteroatoms. The lowest BCUT2D eigenvalue weighted by Crippen LogP contribution is -2.44. The van der Waals surface area contributed by atoms with Crippen LogP contribution in [-0.2, 0) is 4.79 Å². The van der Waals surface area contributed by atoms with Crippen molar-refractivity contribution in [2.75, 3.05) is 16.9 Å². The van der Waals surface area contributed by atoms with Crippen LogP contribution in [-0.4, -0.2) is 39.7 Å². The summed E-state index contributed by atoms with van der Waals surface area (Å²) in [4.78, 5) is 24.4. The van der Waals surface area contributed by atoms with Crippen LogP contribution >= 0.6 is 27.7 Å². The van der Waals surface area contributed by atoms with Crippen molar-refractivity contribution in [3.05, 3.63) is 28.2 Å². The number of rotatable bonds is 2. The van der Waals surface area contributed by atoms with Crippen molar-refractivity contribution in [3.63, 3.8) is 0 Å². The zero-order valence-electron chi connectivity index (χ0n) is 10.2. The Hall–Kier alpha value is -1.72. The van der Waals surface area contributed by atoms with Gasteiger partial charge in [-0.3, -0.25) is 0 Å². The highest BCUT2D eigenvalue weighted by Crippen LogP contribution is 2.24. The summed E-state index contributed by atoms with van der Waals surface area (Å²) in [6.07, 6.45) is 0. The molecule has 1 aromatic carbocycles. The second kappa shape index (κ2) is 6.15. The number of anilines is 1. The van der Waals surface area contributed by atoms with Crippen molar-refractivity contribution in [1.82, 2.24) is 4.90 Å². The largest absolute Gasteiger partial charge is 0.480 e. The molecule has 1 heterocycles. The van der Waals surface area contributed by atoms with Gasteiger partial charge in [-0.2, -0.15) is 5.26 Å². The van der Waals surface area contributed by atoms with Crippen LogP contribution in [0.25, 0.3) is 0 Å². The van der Waals surface area contributed by atoms with Gasteiger partial charge in [-0.25, -0.2) is 9.59 Å². The van der Waals surface area contributed by atoms with Crippen molar-refractivity contribution in [1.29, 1.82) is 5.26 Å². The van der Waals surface area contributed by atoms with Gasteiger partial charge in [0.1, 0.15) is 12.1 Å². The fourth-order valence-electron chi connectivity index (χ4n) is 1.75. The highest BCUT2D eigenvalue weighted by molar-refractivity contribution is 9.10. The molecule has 0 saturated carbocycles. The van der Waals surface area contributed by atoms with E-state index < -0.39 is 18.0 Å². The van der Waals surface area contributed by atoms with Crippen molar-refractivity contribution < 1.29 is 14.7 Å². The molecular weight excluding hydrogens is 346 g/mol. The molecule has 1 atom stereocenters. The van der Waals surface area contributed by atoms with Crippen molar-refractivity contribution in [2.24, 2.45) is 0 Å². The van der Waals surface area contributed by atoms with Gasteiger partial charge in [-0.15, -0.1) is 11.8 Å². The molecule has 2 rings (SSSR count). The molecule has 1 fully saturated rings. The number of thioether (sulfide) groups is 1. The third-order valence-corrected chi connectivity index (χ3v) is 4.28. The van der Waals surface area contributed by atoms with E-state index in [0.717, 1.165) is 4.47 Å². The van der Waals surface area contributed by atoms with E-state index in [4.69, 9.17) is 10.4 Å². The van der Waals surface area contributed by atoms with Crippen LogP contribution in [0.4, 0.5) is 10.5 Å². The van der Waals surface area contributed by atoms with Crippen LogP contribution in [0, 0.1) is 11.3 Å². The van der Waals surface area contributed by atoms with Gasteiger partial charge in [0.25, 0.3) is 0 Å². The van der Waals surface area contributed by atoms with Crippen molar-refractivity contribution in [2.45, 2.75) is 6.04 Å². The van der Waals surface area contributed by atoms with E-state index in [0.29, 0.717) is 22.9 Å². The third kappa shape index (κ3) is 3.05. The summed E-state index contributed by atoms with van der Waals surface area (Å²) < 4.78 is 0.729. The monoisotopic (exact) mass is 355 g/mol. The highest BCUT2D eigenvalue weighted by atomic mass is 79.9. The predicted octanol–water partition coefficient (Wildman–Crippen LogP) is 2.31. The minimum absolute atomic E-state index is 0.312. The fourth-order valence-corrected chi connectivity index (χ4v) is 3.26. The lowest BCUT2D eigenvalue weighted by atomic mass is 10.2. The molecule has 1 saturated heterocycles. The summed E-state index contributed by atoms with van der Waals surface area (Å²) in [7, 11) is 0. The summed E-state index contributed by atoms with van der Waals surface area (Å²) in [5, 5.41) is 20.7. The predicted molar refractivity (Wildman–Crippen MR) is 78.5 cm³/mol. The summed E-state index contributed by atoms with van der Waals surface area (Å²) in [6, 6.07) is 5.52. The Balaban J connectivity index is 2.16. The number of amides is 2. The first-order chi connectivity index (χ1) is 9.52. The van der Waals surface area contributed by atoms with Gasteiger partial charge in [0.15, 0.2) is 0 Å². The van der Waals surface area contributed by atoms with Gasteiger partial charge < -0.3 is 15.3 Å². The van der Waals surface area contributed by atoms with Crippen LogP contribution in [0.3, 0.4) is 0 Å². The smallest absolute Gasteiger partial charge is 0.327 e. The molecule has 0 spiro atoms. The zero-order chi connectivity index (χ0) is 14.7. The maximum atomic E-state index is 12.1. The first-order valence-electron chi connectivity index (χ1n) is 5.60. The standard InChI is InChI=1S/C12H10BrN3O3S/c13-8-1-2-9(7(3-8)4-14)15-12(19)16-6-20-5-10(16)11(17)18/h1-3,10H,5-6H2,(H,15,19)(H,17,18).